The molecule has 0 aliphatic carbocycles. The third-order valence-corrected chi connectivity index (χ3v) is 7.30. The molecule has 0 bridgehead atoms. The van der Waals surface area contributed by atoms with Gasteiger partial charge in [-0.15, -0.1) is 0 Å². The van der Waals surface area contributed by atoms with Crippen molar-refractivity contribution in [3.05, 3.63) is 29.7 Å². The Morgan fingerprint density at radius 3 is 2.39 bits per heavy atom. The fraction of sp³-hybridized carbons (Fsp3) is 0.591. The first-order chi connectivity index (χ1) is 16.6. The summed E-state index contributed by atoms with van der Waals surface area (Å²) in [6.07, 6.45) is -4.52. The predicted molar refractivity (Wildman–Crippen MR) is 123 cm³/mol. The lowest BCUT2D eigenvalue weighted by atomic mass is 9.85. The van der Waals surface area contributed by atoms with Gasteiger partial charge in [-0.05, 0) is 11.5 Å². The van der Waals surface area contributed by atoms with Gasteiger partial charge in [-0.1, -0.05) is 32.9 Å². The van der Waals surface area contributed by atoms with Crippen molar-refractivity contribution in [2.45, 2.75) is 39.5 Å². The molecule has 0 spiro atoms. The molecule has 2 heterocycles. The molecule has 1 N–H and O–H groups in total. The Labute approximate surface area is 205 Å². The zero-order valence-corrected chi connectivity index (χ0v) is 20.9. The average Bonchev–Trinajstić information content (AvgIpc) is 3.13. The summed E-state index contributed by atoms with van der Waals surface area (Å²) in [5.41, 5.74) is -1.06. The topological polar surface area (TPSA) is 111 Å². The molecular weight excluding hydrogens is 508 g/mol. The number of fused-ring (bicyclic) bond motifs is 1. The van der Waals surface area contributed by atoms with Crippen LogP contribution in [0.5, 0.6) is 0 Å². The molecule has 1 atom stereocenters. The van der Waals surface area contributed by atoms with E-state index in [0.717, 1.165) is 10.7 Å². The van der Waals surface area contributed by atoms with E-state index in [1.807, 2.05) is 0 Å². The number of hydrogen-bond donors (Lipinski definition) is 1. The highest BCUT2D eigenvalue weighted by Crippen LogP contribution is 2.25. The summed E-state index contributed by atoms with van der Waals surface area (Å²) in [7, 11) is -3.22. The number of nitrogens with one attached hydrogen (secondary N) is 1. The van der Waals surface area contributed by atoms with Crippen LogP contribution < -0.4 is 5.32 Å². The molecule has 1 aliphatic rings. The third kappa shape index (κ3) is 6.72. The van der Waals surface area contributed by atoms with E-state index in [9.17, 15) is 35.6 Å². The van der Waals surface area contributed by atoms with Crippen LogP contribution in [0.3, 0.4) is 0 Å². The molecule has 1 aliphatic heterocycles. The van der Waals surface area contributed by atoms with Crippen molar-refractivity contribution in [1.82, 2.24) is 20.0 Å². The zero-order valence-electron chi connectivity index (χ0n) is 20.1. The van der Waals surface area contributed by atoms with E-state index in [1.54, 1.807) is 20.8 Å². The molecule has 1 fully saturated rings. The number of nitrogens with zero attached hydrogens (tertiary/aromatic N) is 3. The molecule has 1 unspecified atom stereocenters. The summed E-state index contributed by atoms with van der Waals surface area (Å²) in [6.45, 7) is 3.04. The lowest BCUT2D eigenvalue weighted by Crippen LogP contribution is -2.57. The molecule has 1 saturated heterocycles. The Bertz CT molecular complexity index is 1220. The number of alkyl halides is 3. The molecule has 9 nitrogen and oxygen atoms in total. The molecule has 1 aromatic heterocycles. The zero-order chi connectivity index (χ0) is 26.9. The molecule has 0 saturated carbocycles. The van der Waals surface area contributed by atoms with Crippen molar-refractivity contribution in [2.24, 2.45) is 5.41 Å². The minimum Gasteiger partial charge on any atom is -0.370 e. The largest absolute Gasteiger partial charge is 0.411 e. The maximum atomic E-state index is 14.6. The first-order valence-electron chi connectivity index (χ1n) is 11.2. The second-order valence-electron chi connectivity index (χ2n) is 9.63. The average molecular weight is 537 g/mol. The first kappa shape index (κ1) is 27.8. The summed E-state index contributed by atoms with van der Waals surface area (Å²) in [4.78, 5) is 27.8. The van der Waals surface area contributed by atoms with Gasteiger partial charge in [0.2, 0.25) is 5.91 Å². The van der Waals surface area contributed by atoms with Crippen LogP contribution in [0.15, 0.2) is 18.2 Å². The number of sulfone groups is 1. The number of benzene rings is 1. The van der Waals surface area contributed by atoms with Crippen LogP contribution in [0.2, 0.25) is 0 Å². The minimum absolute atomic E-state index is 0.00428. The second-order valence-corrected chi connectivity index (χ2v) is 11.9. The maximum Gasteiger partial charge on any atom is 0.411 e. The van der Waals surface area contributed by atoms with Gasteiger partial charge in [0.15, 0.2) is 15.5 Å². The van der Waals surface area contributed by atoms with Crippen molar-refractivity contribution in [3.63, 3.8) is 0 Å². The Hall–Kier alpha value is -2.74. The van der Waals surface area contributed by atoms with Gasteiger partial charge in [0.25, 0.3) is 5.91 Å². The van der Waals surface area contributed by atoms with Gasteiger partial charge in [-0.25, -0.2) is 12.8 Å². The first-order valence-corrected chi connectivity index (χ1v) is 13.0. The van der Waals surface area contributed by atoms with Gasteiger partial charge in [0.05, 0.1) is 24.7 Å². The molecular formula is C22H28F4N4O5S. The molecule has 36 heavy (non-hydrogen) atoms. The number of carbonyl (C=O) groups excluding carboxylic acids is 2. The normalized spacial score (nSPS) is 17.2. The standard InChI is InChI=1S/C22H28F4N4O5S/c1-21(2,3)18(20(32)29-8-11-36(33,34)12-9-29)27-19(31)16-14-5-4-6-15(23)17(14)30(28-16)7-10-35-13-22(24,25)26/h4-6,18H,7-13H2,1-3H3,(H,27,31). The third-order valence-electron chi connectivity index (χ3n) is 5.69. The fourth-order valence-corrected chi connectivity index (χ4v) is 5.03. The number of ether oxygens (including phenoxy) is 1. The molecule has 2 aromatic rings. The van der Waals surface area contributed by atoms with Crippen molar-refractivity contribution in [1.29, 1.82) is 0 Å². The van der Waals surface area contributed by atoms with Gasteiger partial charge in [-0.2, -0.15) is 18.3 Å². The van der Waals surface area contributed by atoms with E-state index < -0.39 is 58.3 Å². The van der Waals surface area contributed by atoms with Crippen molar-refractivity contribution >= 4 is 32.6 Å². The fourth-order valence-electron chi connectivity index (χ4n) is 3.83. The number of halogens is 4. The lowest BCUT2D eigenvalue weighted by molar-refractivity contribution is -0.174. The maximum absolute atomic E-state index is 14.6. The molecule has 1 aromatic carbocycles. The highest BCUT2D eigenvalue weighted by Gasteiger charge is 2.38. The van der Waals surface area contributed by atoms with Gasteiger partial charge in [0, 0.05) is 18.5 Å². The summed E-state index contributed by atoms with van der Waals surface area (Å²) in [5, 5.41) is 6.87. The summed E-state index contributed by atoms with van der Waals surface area (Å²) < 4.78 is 80.7. The van der Waals surface area contributed by atoms with Crippen LogP contribution >= 0.6 is 0 Å². The van der Waals surface area contributed by atoms with Crippen LogP contribution in [0.4, 0.5) is 17.6 Å². The van der Waals surface area contributed by atoms with E-state index in [1.165, 1.54) is 17.0 Å². The number of para-hydroxylation sites is 1. The smallest absolute Gasteiger partial charge is 0.370 e. The van der Waals surface area contributed by atoms with Gasteiger partial charge in [0.1, 0.15) is 24.0 Å². The number of rotatable bonds is 7. The highest BCUT2D eigenvalue weighted by atomic mass is 32.2. The van der Waals surface area contributed by atoms with E-state index in [0.29, 0.717) is 0 Å². The van der Waals surface area contributed by atoms with Crippen LogP contribution in [0.25, 0.3) is 10.9 Å². The Balaban J connectivity index is 1.84. The Morgan fingerprint density at radius 2 is 1.81 bits per heavy atom. The highest BCUT2D eigenvalue weighted by molar-refractivity contribution is 7.91. The minimum atomic E-state index is -4.52. The van der Waals surface area contributed by atoms with Crippen molar-refractivity contribution in [2.75, 3.05) is 37.8 Å². The summed E-state index contributed by atoms with van der Waals surface area (Å²) in [5.74, 6) is -2.31. The Morgan fingerprint density at radius 1 is 1.17 bits per heavy atom. The number of hydrogen-bond acceptors (Lipinski definition) is 6. The molecule has 14 heteroatoms. The quantitative estimate of drug-likeness (QED) is 0.429. The molecule has 3 rings (SSSR count). The monoisotopic (exact) mass is 536 g/mol. The van der Waals surface area contributed by atoms with Crippen LogP contribution in [0.1, 0.15) is 31.3 Å². The van der Waals surface area contributed by atoms with Gasteiger partial charge < -0.3 is 15.0 Å². The number of carbonyl (C=O) groups is 2. The van der Waals surface area contributed by atoms with Crippen molar-refractivity contribution in [3.8, 4) is 0 Å². The predicted octanol–water partition coefficient (Wildman–Crippen LogP) is 2.16. The van der Waals surface area contributed by atoms with E-state index in [-0.39, 0.29) is 47.7 Å². The second kappa shape index (κ2) is 10.3. The summed E-state index contributed by atoms with van der Waals surface area (Å²) >= 11 is 0. The Kier molecular flexibility index (Phi) is 7.98. The van der Waals surface area contributed by atoms with Crippen LogP contribution in [0, 0.1) is 11.2 Å². The van der Waals surface area contributed by atoms with E-state index in [4.69, 9.17) is 0 Å². The molecule has 200 valence electrons. The van der Waals surface area contributed by atoms with E-state index >= 15 is 0 Å². The number of amides is 2. The van der Waals surface area contributed by atoms with Gasteiger partial charge in [-0.3, -0.25) is 14.3 Å². The van der Waals surface area contributed by atoms with E-state index in [2.05, 4.69) is 15.2 Å². The summed E-state index contributed by atoms with van der Waals surface area (Å²) in [6, 6.07) is 2.89. The molecule has 2 amide bonds. The SMILES string of the molecule is CC(C)(C)C(NC(=O)c1nn(CCOCC(F)(F)F)c2c(F)cccc12)C(=O)N1CCS(=O)(=O)CC1. The molecule has 0 radical (unpaired) electrons. The van der Waals surface area contributed by atoms with Crippen molar-refractivity contribution < 1.29 is 40.3 Å². The van der Waals surface area contributed by atoms with Gasteiger partial charge >= 0.3 is 6.18 Å². The van der Waals surface area contributed by atoms with Crippen LogP contribution in [-0.2, 0) is 25.9 Å². The lowest BCUT2D eigenvalue weighted by Gasteiger charge is -2.36. The number of aromatic nitrogens is 2. The van der Waals surface area contributed by atoms with Crippen LogP contribution in [-0.4, -0.2) is 84.9 Å².